The van der Waals surface area contributed by atoms with Gasteiger partial charge >= 0.3 is 0 Å². The first-order chi connectivity index (χ1) is 11.3. The van der Waals surface area contributed by atoms with E-state index in [0.717, 1.165) is 35.7 Å². The standard InChI is InChI=1S/C22H24O/c23-22(18-6-5-16-3-1-2-4-17(16)12-18)13-21-19-8-14-7-15(10-19)11-20(21)9-14/h1-6,12,14-15,19-21H,7-11,13H2. The average molecular weight is 304 g/mol. The molecule has 1 nitrogen and oxygen atoms in total. The third-order valence-electron chi connectivity index (χ3n) is 6.91. The van der Waals surface area contributed by atoms with Gasteiger partial charge in [0, 0.05) is 12.0 Å². The zero-order chi connectivity index (χ0) is 15.4. The van der Waals surface area contributed by atoms with Crippen LogP contribution in [0.25, 0.3) is 10.8 Å². The van der Waals surface area contributed by atoms with Gasteiger partial charge in [-0.3, -0.25) is 4.79 Å². The molecule has 2 aromatic rings. The monoisotopic (exact) mass is 304 g/mol. The van der Waals surface area contributed by atoms with Crippen LogP contribution in [0.15, 0.2) is 42.5 Å². The highest BCUT2D eigenvalue weighted by Crippen LogP contribution is 2.57. The van der Waals surface area contributed by atoms with Crippen LogP contribution in [0, 0.1) is 29.6 Å². The molecule has 0 heterocycles. The minimum absolute atomic E-state index is 0.369. The predicted octanol–water partition coefficient (Wildman–Crippen LogP) is 5.48. The maximum Gasteiger partial charge on any atom is 0.163 e. The summed E-state index contributed by atoms with van der Waals surface area (Å²) >= 11 is 0. The van der Waals surface area contributed by atoms with E-state index in [1.807, 2.05) is 12.1 Å². The van der Waals surface area contributed by atoms with E-state index in [-0.39, 0.29) is 0 Å². The zero-order valence-corrected chi connectivity index (χ0v) is 13.6. The van der Waals surface area contributed by atoms with Crippen molar-refractivity contribution in [2.45, 2.75) is 38.5 Å². The lowest BCUT2D eigenvalue weighted by atomic mass is 9.51. The Balaban J connectivity index is 1.38. The van der Waals surface area contributed by atoms with Gasteiger partial charge in [0.2, 0.25) is 0 Å². The van der Waals surface area contributed by atoms with E-state index in [0.29, 0.717) is 11.7 Å². The summed E-state index contributed by atoms with van der Waals surface area (Å²) < 4.78 is 0. The third kappa shape index (κ3) is 2.33. The summed E-state index contributed by atoms with van der Waals surface area (Å²) in [5.41, 5.74) is 0.914. The first-order valence-electron chi connectivity index (χ1n) is 9.28. The van der Waals surface area contributed by atoms with Crippen LogP contribution in [-0.2, 0) is 0 Å². The number of fused-ring (bicyclic) bond motifs is 1. The van der Waals surface area contributed by atoms with Crippen molar-refractivity contribution >= 4 is 16.6 Å². The molecule has 0 radical (unpaired) electrons. The number of Topliss-reactive ketones (excluding diaryl/α,β-unsaturated/α-hetero) is 1. The molecule has 2 aromatic carbocycles. The number of carbonyl (C=O) groups is 1. The molecule has 0 atom stereocenters. The minimum Gasteiger partial charge on any atom is -0.294 e. The molecule has 0 aliphatic heterocycles. The predicted molar refractivity (Wildman–Crippen MR) is 93.4 cm³/mol. The summed E-state index contributed by atoms with van der Waals surface area (Å²) in [5.74, 6) is 4.70. The van der Waals surface area contributed by atoms with Crippen LogP contribution in [0.1, 0.15) is 48.9 Å². The summed E-state index contributed by atoms with van der Waals surface area (Å²) in [7, 11) is 0. The van der Waals surface area contributed by atoms with E-state index < -0.39 is 0 Å². The van der Waals surface area contributed by atoms with Gasteiger partial charge in [0.1, 0.15) is 0 Å². The first-order valence-corrected chi connectivity index (χ1v) is 9.28. The molecule has 118 valence electrons. The Morgan fingerprint density at radius 2 is 1.48 bits per heavy atom. The minimum atomic E-state index is 0.369. The summed E-state index contributed by atoms with van der Waals surface area (Å²) in [5, 5.41) is 2.40. The second kappa shape index (κ2) is 5.19. The number of rotatable bonds is 3. The largest absolute Gasteiger partial charge is 0.294 e. The van der Waals surface area contributed by atoms with Crippen molar-refractivity contribution in [2.75, 3.05) is 0 Å². The number of carbonyl (C=O) groups excluding carboxylic acids is 1. The smallest absolute Gasteiger partial charge is 0.163 e. The van der Waals surface area contributed by atoms with Gasteiger partial charge in [0.15, 0.2) is 5.78 Å². The summed E-state index contributed by atoms with van der Waals surface area (Å²) in [6.45, 7) is 0. The Labute approximate surface area is 138 Å². The fourth-order valence-electron chi connectivity index (χ4n) is 6.07. The van der Waals surface area contributed by atoms with Gasteiger partial charge < -0.3 is 0 Å². The SMILES string of the molecule is O=C(CC1C2CC3CC(C2)CC1C3)c1ccc2ccccc2c1. The molecule has 4 saturated carbocycles. The third-order valence-corrected chi connectivity index (χ3v) is 6.91. The van der Waals surface area contributed by atoms with E-state index >= 15 is 0 Å². The van der Waals surface area contributed by atoms with Crippen molar-refractivity contribution in [3.05, 3.63) is 48.0 Å². The molecule has 4 bridgehead atoms. The second-order valence-corrected chi connectivity index (χ2v) is 8.28. The molecule has 0 aromatic heterocycles. The highest BCUT2D eigenvalue weighted by molar-refractivity contribution is 6.00. The molecule has 0 saturated heterocycles. The van der Waals surface area contributed by atoms with E-state index in [1.165, 1.54) is 42.9 Å². The van der Waals surface area contributed by atoms with Gasteiger partial charge in [-0.25, -0.2) is 0 Å². The second-order valence-electron chi connectivity index (χ2n) is 8.28. The van der Waals surface area contributed by atoms with Crippen LogP contribution in [0.5, 0.6) is 0 Å². The van der Waals surface area contributed by atoms with E-state index in [4.69, 9.17) is 0 Å². The van der Waals surface area contributed by atoms with Gasteiger partial charge in [0.25, 0.3) is 0 Å². The lowest BCUT2D eigenvalue weighted by Crippen LogP contribution is -2.45. The number of hydrogen-bond donors (Lipinski definition) is 0. The van der Waals surface area contributed by atoms with Gasteiger partial charge in [0.05, 0.1) is 0 Å². The van der Waals surface area contributed by atoms with Crippen molar-refractivity contribution in [3.8, 4) is 0 Å². The van der Waals surface area contributed by atoms with Crippen molar-refractivity contribution in [2.24, 2.45) is 29.6 Å². The molecule has 4 fully saturated rings. The Morgan fingerprint density at radius 1 is 0.826 bits per heavy atom. The van der Waals surface area contributed by atoms with Crippen LogP contribution in [0.3, 0.4) is 0 Å². The fourth-order valence-corrected chi connectivity index (χ4v) is 6.07. The molecule has 23 heavy (non-hydrogen) atoms. The van der Waals surface area contributed by atoms with Crippen LogP contribution in [-0.4, -0.2) is 5.78 Å². The number of hydrogen-bond acceptors (Lipinski definition) is 1. The van der Waals surface area contributed by atoms with Gasteiger partial charge in [-0.1, -0.05) is 36.4 Å². The van der Waals surface area contributed by atoms with Crippen LogP contribution in [0.2, 0.25) is 0 Å². The molecular weight excluding hydrogens is 280 g/mol. The maximum absolute atomic E-state index is 12.9. The van der Waals surface area contributed by atoms with Crippen LogP contribution in [0.4, 0.5) is 0 Å². The van der Waals surface area contributed by atoms with Crippen LogP contribution >= 0.6 is 0 Å². The highest BCUT2D eigenvalue weighted by Gasteiger charge is 2.48. The lowest BCUT2D eigenvalue weighted by molar-refractivity contribution is -0.0366. The molecule has 4 aliphatic rings. The Hall–Kier alpha value is -1.63. The van der Waals surface area contributed by atoms with Crippen molar-refractivity contribution in [3.63, 3.8) is 0 Å². The summed E-state index contributed by atoms with van der Waals surface area (Å²) in [6, 6.07) is 14.5. The van der Waals surface area contributed by atoms with Crippen molar-refractivity contribution in [1.29, 1.82) is 0 Å². The number of ketones is 1. The molecule has 1 heteroatoms. The quantitative estimate of drug-likeness (QED) is 0.686. The maximum atomic E-state index is 12.9. The Kier molecular flexibility index (Phi) is 3.11. The van der Waals surface area contributed by atoms with Crippen molar-refractivity contribution < 1.29 is 4.79 Å². The molecule has 0 unspecified atom stereocenters. The molecule has 4 aliphatic carbocycles. The summed E-state index contributed by atoms with van der Waals surface area (Å²) in [6.07, 6.45) is 7.89. The molecular formula is C22H24O. The Morgan fingerprint density at radius 3 is 2.17 bits per heavy atom. The normalized spacial score (nSPS) is 34.9. The molecule has 6 rings (SSSR count). The first kappa shape index (κ1) is 13.8. The highest BCUT2D eigenvalue weighted by atomic mass is 16.1. The number of benzene rings is 2. The van der Waals surface area contributed by atoms with E-state index in [1.54, 1.807) is 0 Å². The van der Waals surface area contributed by atoms with Crippen LogP contribution < -0.4 is 0 Å². The van der Waals surface area contributed by atoms with Crippen molar-refractivity contribution in [1.82, 2.24) is 0 Å². The average Bonchev–Trinajstić information content (AvgIpc) is 2.57. The molecule has 0 amide bonds. The fraction of sp³-hybridized carbons (Fsp3) is 0.500. The summed E-state index contributed by atoms with van der Waals surface area (Å²) in [4.78, 5) is 12.9. The topological polar surface area (TPSA) is 17.1 Å². The molecule has 0 spiro atoms. The van der Waals surface area contributed by atoms with Gasteiger partial charge in [-0.05, 0) is 78.5 Å². The Bertz CT molecular complexity index is 731. The van der Waals surface area contributed by atoms with Gasteiger partial charge in [-0.2, -0.15) is 0 Å². The van der Waals surface area contributed by atoms with Gasteiger partial charge in [-0.15, -0.1) is 0 Å². The van der Waals surface area contributed by atoms with E-state index in [2.05, 4.69) is 30.3 Å². The van der Waals surface area contributed by atoms with E-state index in [9.17, 15) is 4.79 Å². The molecule has 0 N–H and O–H groups in total. The lowest BCUT2D eigenvalue weighted by Gasteiger charge is -2.54. The zero-order valence-electron chi connectivity index (χ0n) is 13.6.